The number of hydrogen-bond acceptors (Lipinski definition) is 4. The summed E-state index contributed by atoms with van der Waals surface area (Å²) in [6, 6.07) is -0.286. The lowest BCUT2D eigenvalue weighted by atomic mass is 10.1. The minimum absolute atomic E-state index is 0.0563. The molecule has 0 aromatic rings. The van der Waals surface area contributed by atoms with Crippen LogP contribution in [0.5, 0.6) is 0 Å². The summed E-state index contributed by atoms with van der Waals surface area (Å²) in [5.41, 5.74) is 0. The van der Waals surface area contributed by atoms with Gasteiger partial charge in [0.15, 0.2) is 0 Å². The van der Waals surface area contributed by atoms with Gasteiger partial charge in [-0.2, -0.15) is 0 Å². The number of nitrogens with zero attached hydrogens (tertiary/aromatic N) is 1. The van der Waals surface area contributed by atoms with E-state index in [-0.39, 0.29) is 17.9 Å². The van der Waals surface area contributed by atoms with Crippen LogP contribution < -0.4 is 10.6 Å². The van der Waals surface area contributed by atoms with Crippen molar-refractivity contribution in [2.45, 2.75) is 56.7 Å². The molecule has 2 N–H and O–H groups in total. The number of carbonyl (C=O) groups excluding carboxylic acids is 2. The number of nitrogens with one attached hydrogen (secondary N) is 2. The van der Waals surface area contributed by atoms with Crippen LogP contribution in [0.4, 0.5) is 0 Å². The Balaban J connectivity index is 1.64. The first kappa shape index (κ1) is 14.8. The Hall–Kier alpha value is -1.14. The molecule has 0 aromatic carbocycles. The van der Waals surface area contributed by atoms with Gasteiger partial charge < -0.3 is 20.3 Å². The Kier molecular flexibility index (Phi) is 4.75. The van der Waals surface area contributed by atoms with Gasteiger partial charge in [-0.1, -0.05) is 12.8 Å². The predicted molar refractivity (Wildman–Crippen MR) is 77.7 cm³/mol. The summed E-state index contributed by atoms with van der Waals surface area (Å²) in [6.07, 6.45) is 6.35. The van der Waals surface area contributed by atoms with Crippen LogP contribution in [0.2, 0.25) is 0 Å². The van der Waals surface area contributed by atoms with Gasteiger partial charge in [0.1, 0.15) is 6.04 Å². The van der Waals surface area contributed by atoms with E-state index in [0.717, 1.165) is 38.6 Å². The van der Waals surface area contributed by atoms with Gasteiger partial charge in [-0.25, -0.2) is 0 Å². The van der Waals surface area contributed by atoms with E-state index >= 15 is 0 Å². The van der Waals surface area contributed by atoms with Crippen LogP contribution in [0.3, 0.4) is 0 Å². The summed E-state index contributed by atoms with van der Waals surface area (Å²) in [4.78, 5) is 26.8. The molecular formula is C15H25N3O3. The van der Waals surface area contributed by atoms with Gasteiger partial charge >= 0.3 is 0 Å². The second-order valence-electron chi connectivity index (χ2n) is 6.26. The summed E-state index contributed by atoms with van der Waals surface area (Å²) in [6.45, 7) is 2.24. The molecule has 2 atom stereocenters. The molecule has 6 nitrogen and oxygen atoms in total. The monoisotopic (exact) mass is 295 g/mol. The normalized spacial score (nSPS) is 30.6. The summed E-state index contributed by atoms with van der Waals surface area (Å²) < 4.78 is 5.42. The summed E-state index contributed by atoms with van der Waals surface area (Å²) in [5.74, 6) is 0.00955. The highest BCUT2D eigenvalue weighted by molar-refractivity contribution is 5.90. The molecule has 0 bridgehead atoms. The molecule has 3 fully saturated rings. The highest BCUT2D eigenvalue weighted by atomic mass is 16.5. The topological polar surface area (TPSA) is 70.7 Å². The van der Waals surface area contributed by atoms with Crippen LogP contribution in [0.1, 0.15) is 38.5 Å². The van der Waals surface area contributed by atoms with Crippen molar-refractivity contribution in [3.8, 4) is 0 Å². The van der Waals surface area contributed by atoms with Gasteiger partial charge in [-0.15, -0.1) is 0 Å². The molecule has 2 unspecified atom stereocenters. The van der Waals surface area contributed by atoms with Gasteiger partial charge in [-0.05, 0) is 32.2 Å². The maximum absolute atomic E-state index is 12.8. The van der Waals surface area contributed by atoms with Crippen molar-refractivity contribution >= 4 is 11.8 Å². The summed E-state index contributed by atoms with van der Waals surface area (Å²) in [5, 5.41) is 6.32. The molecule has 6 heteroatoms. The molecule has 2 saturated heterocycles. The van der Waals surface area contributed by atoms with Crippen molar-refractivity contribution in [1.82, 2.24) is 15.5 Å². The molecule has 0 spiro atoms. The van der Waals surface area contributed by atoms with Crippen molar-refractivity contribution in [2.75, 3.05) is 26.3 Å². The minimum Gasteiger partial charge on any atom is -0.377 e. The smallest absolute Gasteiger partial charge is 0.245 e. The van der Waals surface area contributed by atoms with Gasteiger partial charge in [-0.3, -0.25) is 9.59 Å². The maximum atomic E-state index is 12.8. The van der Waals surface area contributed by atoms with E-state index in [2.05, 4.69) is 10.6 Å². The second-order valence-corrected chi connectivity index (χ2v) is 6.26. The fraction of sp³-hybridized carbons (Fsp3) is 0.867. The zero-order chi connectivity index (χ0) is 14.7. The quantitative estimate of drug-likeness (QED) is 0.770. The molecule has 118 valence electrons. The molecule has 2 heterocycles. The van der Waals surface area contributed by atoms with Crippen molar-refractivity contribution in [1.29, 1.82) is 0 Å². The lowest BCUT2D eigenvalue weighted by Gasteiger charge is -2.36. The summed E-state index contributed by atoms with van der Waals surface area (Å²) >= 11 is 0. The molecule has 2 amide bonds. The third-order valence-corrected chi connectivity index (χ3v) is 4.50. The Labute approximate surface area is 125 Å². The van der Waals surface area contributed by atoms with E-state index in [1.807, 2.05) is 0 Å². The number of amides is 2. The van der Waals surface area contributed by atoms with E-state index in [0.29, 0.717) is 25.8 Å². The Bertz CT molecular complexity index is 390. The largest absolute Gasteiger partial charge is 0.377 e. The van der Waals surface area contributed by atoms with Crippen LogP contribution in [-0.2, 0) is 14.3 Å². The molecule has 3 rings (SSSR count). The zero-order valence-electron chi connectivity index (χ0n) is 12.5. The van der Waals surface area contributed by atoms with Crippen molar-refractivity contribution in [2.24, 2.45) is 0 Å². The maximum Gasteiger partial charge on any atom is 0.245 e. The fourth-order valence-electron chi connectivity index (χ4n) is 3.05. The van der Waals surface area contributed by atoms with Gasteiger partial charge in [0.2, 0.25) is 11.8 Å². The first-order valence-corrected chi connectivity index (χ1v) is 8.17. The predicted octanol–water partition coefficient (Wildman–Crippen LogP) is 0.0246. The van der Waals surface area contributed by atoms with Crippen molar-refractivity contribution in [3.63, 3.8) is 0 Å². The highest BCUT2D eigenvalue weighted by Crippen LogP contribution is 2.20. The first-order valence-electron chi connectivity index (χ1n) is 8.17. The fourth-order valence-corrected chi connectivity index (χ4v) is 3.05. The van der Waals surface area contributed by atoms with Crippen LogP contribution in [-0.4, -0.2) is 61.1 Å². The average Bonchev–Trinajstić information content (AvgIpc) is 3.33. The van der Waals surface area contributed by atoms with E-state index in [4.69, 9.17) is 4.74 Å². The Morgan fingerprint density at radius 1 is 1.14 bits per heavy atom. The van der Waals surface area contributed by atoms with Crippen molar-refractivity contribution in [3.05, 3.63) is 0 Å². The average molecular weight is 295 g/mol. The van der Waals surface area contributed by atoms with E-state index in [9.17, 15) is 9.59 Å². The second kappa shape index (κ2) is 6.75. The minimum atomic E-state index is -0.461. The molecular weight excluding hydrogens is 270 g/mol. The molecule has 21 heavy (non-hydrogen) atoms. The Morgan fingerprint density at radius 3 is 2.81 bits per heavy atom. The Morgan fingerprint density at radius 2 is 2.00 bits per heavy atom. The number of rotatable bonds is 3. The molecule has 0 aromatic heterocycles. The van der Waals surface area contributed by atoms with Crippen LogP contribution >= 0.6 is 0 Å². The number of hydrogen-bond donors (Lipinski definition) is 2. The highest BCUT2D eigenvalue weighted by Gasteiger charge is 2.37. The number of carbonyl (C=O) groups is 2. The molecule has 3 aliphatic rings. The zero-order valence-corrected chi connectivity index (χ0v) is 12.5. The first-order chi connectivity index (χ1) is 10.3. The molecule has 0 radical (unpaired) electrons. The molecule has 1 saturated carbocycles. The summed E-state index contributed by atoms with van der Waals surface area (Å²) in [7, 11) is 0. The van der Waals surface area contributed by atoms with Crippen LogP contribution in [0, 0.1) is 0 Å². The van der Waals surface area contributed by atoms with Crippen LogP contribution in [0.25, 0.3) is 0 Å². The third kappa shape index (κ3) is 3.74. The number of morpholine rings is 1. The lowest BCUT2D eigenvalue weighted by molar-refractivity contribution is -0.150. The molecule has 1 aliphatic carbocycles. The van der Waals surface area contributed by atoms with E-state index in [1.165, 1.54) is 6.42 Å². The third-order valence-electron chi connectivity index (χ3n) is 4.50. The van der Waals surface area contributed by atoms with E-state index in [1.54, 1.807) is 4.90 Å². The van der Waals surface area contributed by atoms with Crippen LogP contribution in [0.15, 0.2) is 0 Å². The van der Waals surface area contributed by atoms with Gasteiger partial charge in [0, 0.05) is 12.6 Å². The standard InChI is InChI=1S/C15H25N3O3/c19-14(17-11-5-6-11)13-10-21-9-8-18(13)15(20)12-4-2-1-3-7-16-12/h11-13,16H,1-10H2,(H,17,19). The van der Waals surface area contributed by atoms with E-state index < -0.39 is 6.04 Å². The van der Waals surface area contributed by atoms with Gasteiger partial charge in [0.05, 0.1) is 19.3 Å². The number of ether oxygens (including phenoxy) is 1. The lowest BCUT2D eigenvalue weighted by Crippen LogP contribution is -2.59. The SMILES string of the molecule is O=C(NC1CC1)C1COCCN1C(=O)C1CCCCCN1. The molecule has 2 aliphatic heterocycles. The van der Waals surface area contributed by atoms with Gasteiger partial charge in [0.25, 0.3) is 0 Å². The van der Waals surface area contributed by atoms with Crippen molar-refractivity contribution < 1.29 is 14.3 Å².